The van der Waals surface area contributed by atoms with E-state index in [4.69, 9.17) is 9.47 Å². The van der Waals surface area contributed by atoms with Crippen LogP contribution in [0.2, 0.25) is 0 Å². The molecule has 2 atom stereocenters. The van der Waals surface area contributed by atoms with Crippen LogP contribution in [0.1, 0.15) is 24.9 Å². The zero-order chi connectivity index (χ0) is 12.3. The Morgan fingerprint density at radius 2 is 2.35 bits per heavy atom. The number of hydrogen-bond acceptors (Lipinski definition) is 3. The van der Waals surface area contributed by atoms with E-state index < -0.39 is 0 Å². The molecule has 1 fully saturated rings. The Labute approximate surface area is 101 Å². The molecule has 3 nitrogen and oxygen atoms in total. The third-order valence-corrected chi connectivity index (χ3v) is 3.05. The molecule has 1 aromatic carbocycles. The number of halogens is 1. The third kappa shape index (κ3) is 2.96. The standard InChI is InChI=1S/C13H18FNO2/c1-9(15-2)12-7-10(14)3-4-13(12)17-11-5-6-16-8-11/h3-4,7,9,11,15H,5-6,8H2,1-2H3. The van der Waals surface area contributed by atoms with Gasteiger partial charge in [0, 0.05) is 18.0 Å². The molecule has 0 aliphatic carbocycles. The van der Waals surface area contributed by atoms with Crippen molar-refractivity contribution < 1.29 is 13.9 Å². The van der Waals surface area contributed by atoms with Crippen LogP contribution in [-0.4, -0.2) is 26.4 Å². The molecule has 1 aliphatic heterocycles. The summed E-state index contributed by atoms with van der Waals surface area (Å²) in [6.07, 6.45) is 0.980. The third-order valence-electron chi connectivity index (χ3n) is 3.05. The first kappa shape index (κ1) is 12.3. The van der Waals surface area contributed by atoms with Gasteiger partial charge in [-0.2, -0.15) is 0 Å². The van der Waals surface area contributed by atoms with E-state index in [-0.39, 0.29) is 18.0 Å². The van der Waals surface area contributed by atoms with E-state index in [0.717, 1.165) is 24.3 Å². The van der Waals surface area contributed by atoms with E-state index in [2.05, 4.69) is 5.32 Å². The number of rotatable bonds is 4. The smallest absolute Gasteiger partial charge is 0.124 e. The van der Waals surface area contributed by atoms with Gasteiger partial charge in [-0.25, -0.2) is 4.39 Å². The summed E-state index contributed by atoms with van der Waals surface area (Å²) in [5, 5.41) is 3.10. The summed E-state index contributed by atoms with van der Waals surface area (Å²) in [6, 6.07) is 4.70. The Morgan fingerprint density at radius 3 is 3.00 bits per heavy atom. The van der Waals surface area contributed by atoms with Crippen molar-refractivity contribution in [3.63, 3.8) is 0 Å². The van der Waals surface area contributed by atoms with Crippen LogP contribution in [-0.2, 0) is 4.74 Å². The zero-order valence-corrected chi connectivity index (χ0v) is 10.2. The van der Waals surface area contributed by atoms with Gasteiger partial charge >= 0.3 is 0 Å². The van der Waals surface area contributed by atoms with E-state index in [1.807, 2.05) is 14.0 Å². The van der Waals surface area contributed by atoms with Crippen molar-refractivity contribution in [3.8, 4) is 5.75 Å². The van der Waals surface area contributed by atoms with E-state index in [0.29, 0.717) is 6.61 Å². The minimum absolute atomic E-state index is 0.0584. The molecule has 0 spiro atoms. The zero-order valence-electron chi connectivity index (χ0n) is 10.2. The highest BCUT2D eigenvalue weighted by Gasteiger charge is 2.20. The molecule has 17 heavy (non-hydrogen) atoms. The number of ether oxygens (including phenoxy) is 2. The second-order valence-corrected chi connectivity index (χ2v) is 4.30. The van der Waals surface area contributed by atoms with Gasteiger partial charge in [0.2, 0.25) is 0 Å². The Kier molecular flexibility index (Phi) is 3.97. The van der Waals surface area contributed by atoms with Crippen molar-refractivity contribution in [3.05, 3.63) is 29.6 Å². The predicted molar refractivity (Wildman–Crippen MR) is 63.7 cm³/mol. The van der Waals surface area contributed by atoms with E-state index in [9.17, 15) is 4.39 Å². The van der Waals surface area contributed by atoms with Crippen molar-refractivity contribution in [1.29, 1.82) is 0 Å². The van der Waals surface area contributed by atoms with Gasteiger partial charge in [0.05, 0.1) is 13.2 Å². The van der Waals surface area contributed by atoms with Crippen molar-refractivity contribution in [2.24, 2.45) is 0 Å². The molecule has 2 rings (SSSR count). The maximum Gasteiger partial charge on any atom is 0.124 e. The molecule has 1 saturated heterocycles. The first-order chi connectivity index (χ1) is 8.20. The summed E-state index contributed by atoms with van der Waals surface area (Å²) in [5.41, 5.74) is 0.847. The summed E-state index contributed by atoms with van der Waals surface area (Å²) >= 11 is 0. The van der Waals surface area contributed by atoms with Gasteiger partial charge in [0.15, 0.2) is 0 Å². The summed E-state index contributed by atoms with van der Waals surface area (Å²) in [7, 11) is 1.85. The molecule has 4 heteroatoms. The summed E-state index contributed by atoms with van der Waals surface area (Å²) in [5.74, 6) is 0.501. The summed E-state index contributed by atoms with van der Waals surface area (Å²) < 4.78 is 24.4. The van der Waals surface area contributed by atoms with Crippen LogP contribution < -0.4 is 10.1 Å². The fourth-order valence-electron chi connectivity index (χ4n) is 1.91. The van der Waals surface area contributed by atoms with Crippen LogP contribution in [0.4, 0.5) is 4.39 Å². The van der Waals surface area contributed by atoms with Gasteiger partial charge in [-0.3, -0.25) is 0 Å². The number of hydrogen-bond donors (Lipinski definition) is 1. The number of benzene rings is 1. The Hall–Kier alpha value is -1.13. The lowest BCUT2D eigenvalue weighted by Crippen LogP contribution is -2.19. The predicted octanol–water partition coefficient (Wildman–Crippen LogP) is 2.27. The minimum atomic E-state index is -0.239. The first-order valence-corrected chi connectivity index (χ1v) is 5.92. The van der Waals surface area contributed by atoms with Crippen molar-refractivity contribution in [2.75, 3.05) is 20.3 Å². The Balaban J connectivity index is 2.19. The largest absolute Gasteiger partial charge is 0.488 e. The molecule has 1 heterocycles. The van der Waals surface area contributed by atoms with Crippen LogP contribution in [0.15, 0.2) is 18.2 Å². The molecule has 2 unspecified atom stereocenters. The molecular formula is C13H18FNO2. The molecule has 0 amide bonds. The van der Waals surface area contributed by atoms with Crippen LogP contribution in [0.3, 0.4) is 0 Å². The van der Waals surface area contributed by atoms with Crippen LogP contribution in [0, 0.1) is 5.82 Å². The van der Waals surface area contributed by atoms with Crippen molar-refractivity contribution in [1.82, 2.24) is 5.32 Å². The van der Waals surface area contributed by atoms with Gasteiger partial charge in [0.25, 0.3) is 0 Å². The van der Waals surface area contributed by atoms with Crippen LogP contribution in [0.5, 0.6) is 5.75 Å². The lowest BCUT2D eigenvalue weighted by molar-refractivity contribution is 0.140. The van der Waals surface area contributed by atoms with Gasteiger partial charge < -0.3 is 14.8 Å². The summed E-state index contributed by atoms with van der Waals surface area (Å²) in [4.78, 5) is 0. The molecule has 1 aromatic rings. The first-order valence-electron chi connectivity index (χ1n) is 5.92. The second-order valence-electron chi connectivity index (χ2n) is 4.30. The topological polar surface area (TPSA) is 30.5 Å². The molecule has 0 radical (unpaired) electrons. The molecule has 1 N–H and O–H groups in total. The molecule has 0 bridgehead atoms. The van der Waals surface area contributed by atoms with Gasteiger partial charge in [-0.15, -0.1) is 0 Å². The Morgan fingerprint density at radius 1 is 1.53 bits per heavy atom. The van der Waals surface area contributed by atoms with Gasteiger partial charge in [-0.05, 0) is 32.2 Å². The monoisotopic (exact) mass is 239 g/mol. The van der Waals surface area contributed by atoms with E-state index in [1.54, 1.807) is 6.07 Å². The van der Waals surface area contributed by atoms with E-state index >= 15 is 0 Å². The highest BCUT2D eigenvalue weighted by Crippen LogP contribution is 2.28. The Bertz CT molecular complexity index is 378. The molecule has 0 saturated carbocycles. The fraction of sp³-hybridized carbons (Fsp3) is 0.538. The maximum atomic E-state index is 13.2. The fourth-order valence-corrected chi connectivity index (χ4v) is 1.91. The molecular weight excluding hydrogens is 221 g/mol. The number of nitrogens with one attached hydrogen (secondary N) is 1. The van der Waals surface area contributed by atoms with Crippen molar-refractivity contribution in [2.45, 2.75) is 25.5 Å². The highest BCUT2D eigenvalue weighted by molar-refractivity contribution is 5.36. The normalized spacial score (nSPS) is 21.5. The lowest BCUT2D eigenvalue weighted by Gasteiger charge is -2.19. The minimum Gasteiger partial charge on any atom is -0.488 e. The second kappa shape index (κ2) is 5.47. The molecule has 0 aromatic heterocycles. The summed E-state index contributed by atoms with van der Waals surface area (Å²) in [6.45, 7) is 3.33. The van der Waals surface area contributed by atoms with Crippen LogP contribution in [0.25, 0.3) is 0 Å². The molecule has 1 aliphatic rings. The quantitative estimate of drug-likeness (QED) is 0.874. The van der Waals surface area contributed by atoms with Gasteiger partial charge in [-0.1, -0.05) is 0 Å². The highest BCUT2D eigenvalue weighted by atomic mass is 19.1. The van der Waals surface area contributed by atoms with Gasteiger partial charge in [0.1, 0.15) is 17.7 Å². The lowest BCUT2D eigenvalue weighted by atomic mass is 10.1. The maximum absolute atomic E-state index is 13.2. The average molecular weight is 239 g/mol. The van der Waals surface area contributed by atoms with Crippen molar-refractivity contribution >= 4 is 0 Å². The van der Waals surface area contributed by atoms with E-state index in [1.165, 1.54) is 12.1 Å². The van der Waals surface area contributed by atoms with Crippen LogP contribution >= 0.6 is 0 Å². The SMILES string of the molecule is CNC(C)c1cc(F)ccc1OC1CCOC1. The molecule has 94 valence electrons. The average Bonchev–Trinajstić information content (AvgIpc) is 2.83.